The van der Waals surface area contributed by atoms with Crippen LogP contribution >= 0.6 is 0 Å². The third kappa shape index (κ3) is 4.33. The fourth-order valence-electron chi connectivity index (χ4n) is 3.44. The van der Waals surface area contributed by atoms with Crippen molar-refractivity contribution in [2.75, 3.05) is 0 Å². The minimum atomic E-state index is 0.874. The monoisotopic (exact) mass is 232 g/mol. The highest BCUT2D eigenvalue weighted by molar-refractivity contribution is 4.97. The van der Waals surface area contributed by atoms with Gasteiger partial charge in [-0.1, -0.05) is 43.6 Å². The van der Waals surface area contributed by atoms with Crippen LogP contribution in [0.15, 0.2) is 24.3 Å². The second kappa shape index (κ2) is 7.03. The van der Waals surface area contributed by atoms with Crippen molar-refractivity contribution < 1.29 is 0 Å². The van der Waals surface area contributed by atoms with Crippen LogP contribution in [0.1, 0.15) is 64.7 Å². The molecule has 2 saturated carbocycles. The molecule has 0 N–H and O–H groups in total. The van der Waals surface area contributed by atoms with Gasteiger partial charge >= 0.3 is 0 Å². The largest absolute Gasteiger partial charge is 0.0914 e. The van der Waals surface area contributed by atoms with Crippen LogP contribution in [0.25, 0.3) is 0 Å². The topological polar surface area (TPSA) is 0 Å². The lowest BCUT2D eigenvalue weighted by Crippen LogP contribution is -2.12. The molecule has 2 rings (SSSR count). The lowest BCUT2D eigenvalue weighted by Gasteiger charge is -2.25. The first-order valence-electron chi connectivity index (χ1n) is 7.69. The molecule has 0 radical (unpaired) electrons. The Morgan fingerprint density at radius 3 is 1.59 bits per heavy atom. The normalized spacial score (nSPS) is 32.5. The average molecular weight is 232 g/mol. The van der Waals surface area contributed by atoms with E-state index in [1.54, 1.807) is 0 Å². The van der Waals surface area contributed by atoms with Gasteiger partial charge in [0.2, 0.25) is 0 Å². The highest BCUT2D eigenvalue weighted by Crippen LogP contribution is 2.32. The van der Waals surface area contributed by atoms with Gasteiger partial charge in [0.25, 0.3) is 0 Å². The Balaban J connectivity index is 1.71. The Hall–Kier alpha value is -0.520. The maximum atomic E-state index is 2.56. The molecule has 0 aromatic carbocycles. The van der Waals surface area contributed by atoms with Gasteiger partial charge in [0.05, 0.1) is 0 Å². The molecule has 0 amide bonds. The molecule has 0 unspecified atom stereocenters. The summed E-state index contributed by atoms with van der Waals surface area (Å²) in [6.07, 6.45) is 22.7. The molecule has 0 spiro atoms. The van der Waals surface area contributed by atoms with E-state index in [1.807, 2.05) is 0 Å². The van der Waals surface area contributed by atoms with Crippen molar-refractivity contribution in [2.24, 2.45) is 17.8 Å². The summed E-state index contributed by atoms with van der Waals surface area (Å²) in [6.45, 7) is 2.15. The lowest BCUT2D eigenvalue weighted by atomic mass is 9.80. The molecule has 0 aliphatic heterocycles. The predicted molar refractivity (Wildman–Crippen MR) is 76.0 cm³/mol. The fraction of sp³-hybridized carbons (Fsp3) is 0.765. The molecule has 0 saturated heterocycles. The molecule has 2 fully saturated rings. The van der Waals surface area contributed by atoms with Gasteiger partial charge in [-0.3, -0.25) is 0 Å². The minimum absolute atomic E-state index is 0.874. The Labute approximate surface area is 107 Å². The molecule has 2 aliphatic carbocycles. The number of hydrogen-bond donors (Lipinski definition) is 0. The fourth-order valence-corrected chi connectivity index (χ4v) is 3.44. The summed E-state index contributed by atoms with van der Waals surface area (Å²) in [6, 6.07) is 0. The van der Waals surface area contributed by atoms with Crippen molar-refractivity contribution in [1.82, 2.24) is 0 Å². The van der Waals surface area contributed by atoms with E-state index in [2.05, 4.69) is 31.2 Å². The smallest absolute Gasteiger partial charge is 0.0233 e. The first-order chi connectivity index (χ1) is 8.38. The van der Waals surface area contributed by atoms with E-state index in [0.29, 0.717) is 0 Å². The van der Waals surface area contributed by atoms with Gasteiger partial charge in [-0.2, -0.15) is 0 Å². The molecule has 0 bridgehead atoms. The standard InChI is InChI=1S/C17H28/c1-2-6-15-9-12-17(13-10-15)14-11-16-7-4-3-5-8-16/h2,6,11,14-17H,3-5,7-10,12-13H2,1H3/b6-2+,14-11+. The zero-order valence-electron chi connectivity index (χ0n) is 11.4. The SMILES string of the molecule is C/C=C/C1CCC(/C=C/C2CCCCC2)CC1. The molecule has 96 valence electrons. The van der Waals surface area contributed by atoms with Crippen LogP contribution in [0.4, 0.5) is 0 Å². The van der Waals surface area contributed by atoms with E-state index in [0.717, 1.165) is 17.8 Å². The van der Waals surface area contributed by atoms with Crippen molar-refractivity contribution in [3.8, 4) is 0 Å². The van der Waals surface area contributed by atoms with Gasteiger partial charge in [-0.15, -0.1) is 0 Å². The maximum Gasteiger partial charge on any atom is -0.0233 e. The highest BCUT2D eigenvalue weighted by atomic mass is 14.2. The van der Waals surface area contributed by atoms with Gasteiger partial charge in [-0.25, -0.2) is 0 Å². The number of rotatable bonds is 3. The van der Waals surface area contributed by atoms with Gasteiger partial charge in [0.15, 0.2) is 0 Å². The first-order valence-corrected chi connectivity index (χ1v) is 7.69. The van der Waals surface area contributed by atoms with Gasteiger partial charge < -0.3 is 0 Å². The summed E-state index contributed by atoms with van der Waals surface area (Å²) in [7, 11) is 0. The summed E-state index contributed by atoms with van der Waals surface area (Å²) in [4.78, 5) is 0. The van der Waals surface area contributed by atoms with Crippen molar-refractivity contribution in [1.29, 1.82) is 0 Å². The average Bonchev–Trinajstić information content (AvgIpc) is 2.40. The summed E-state index contributed by atoms with van der Waals surface area (Å²) >= 11 is 0. The van der Waals surface area contributed by atoms with E-state index in [1.165, 1.54) is 57.8 Å². The third-order valence-electron chi connectivity index (χ3n) is 4.59. The molecule has 2 aliphatic rings. The zero-order valence-corrected chi connectivity index (χ0v) is 11.4. The second-order valence-corrected chi connectivity index (χ2v) is 5.98. The summed E-state index contributed by atoms with van der Waals surface area (Å²) in [5.74, 6) is 2.68. The molecular formula is C17H28. The Bertz CT molecular complexity index is 247. The van der Waals surface area contributed by atoms with E-state index in [4.69, 9.17) is 0 Å². The Morgan fingerprint density at radius 1 is 0.588 bits per heavy atom. The predicted octanol–water partition coefficient (Wildman–Crippen LogP) is 5.51. The van der Waals surface area contributed by atoms with E-state index >= 15 is 0 Å². The van der Waals surface area contributed by atoms with Gasteiger partial charge in [0.1, 0.15) is 0 Å². The molecule has 0 heterocycles. The Kier molecular flexibility index (Phi) is 5.35. The van der Waals surface area contributed by atoms with E-state index < -0.39 is 0 Å². The van der Waals surface area contributed by atoms with Crippen LogP contribution in [0.5, 0.6) is 0 Å². The molecule has 0 atom stereocenters. The number of hydrogen-bond acceptors (Lipinski definition) is 0. The first kappa shape index (κ1) is 12.9. The quantitative estimate of drug-likeness (QED) is 0.563. The van der Waals surface area contributed by atoms with Crippen molar-refractivity contribution in [3.63, 3.8) is 0 Å². The van der Waals surface area contributed by atoms with E-state index in [-0.39, 0.29) is 0 Å². The molecule has 0 aromatic heterocycles. The van der Waals surface area contributed by atoms with Crippen molar-refractivity contribution in [3.05, 3.63) is 24.3 Å². The summed E-state index contributed by atoms with van der Waals surface area (Å²) in [5, 5.41) is 0. The summed E-state index contributed by atoms with van der Waals surface area (Å²) < 4.78 is 0. The third-order valence-corrected chi connectivity index (χ3v) is 4.59. The zero-order chi connectivity index (χ0) is 11.9. The highest BCUT2D eigenvalue weighted by Gasteiger charge is 2.18. The molecule has 17 heavy (non-hydrogen) atoms. The summed E-state index contributed by atoms with van der Waals surface area (Å²) in [5.41, 5.74) is 0. The van der Waals surface area contributed by atoms with Crippen LogP contribution in [0.2, 0.25) is 0 Å². The van der Waals surface area contributed by atoms with Crippen LogP contribution in [0, 0.1) is 17.8 Å². The second-order valence-electron chi connectivity index (χ2n) is 5.98. The van der Waals surface area contributed by atoms with Crippen molar-refractivity contribution in [2.45, 2.75) is 64.7 Å². The minimum Gasteiger partial charge on any atom is -0.0914 e. The lowest BCUT2D eigenvalue weighted by molar-refractivity contribution is 0.352. The van der Waals surface area contributed by atoms with Gasteiger partial charge in [-0.05, 0) is 63.2 Å². The maximum absolute atomic E-state index is 2.56. The van der Waals surface area contributed by atoms with Crippen molar-refractivity contribution >= 4 is 0 Å². The van der Waals surface area contributed by atoms with Crippen LogP contribution in [-0.4, -0.2) is 0 Å². The van der Waals surface area contributed by atoms with E-state index in [9.17, 15) is 0 Å². The number of allylic oxidation sites excluding steroid dienone is 4. The molecule has 0 heteroatoms. The molecular weight excluding hydrogens is 204 g/mol. The van der Waals surface area contributed by atoms with Crippen LogP contribution in [-0.2, 0) is 0 Å². The molecule has 0 nitrogen and oxygen atoms in total. The molecule has 0 aromatic rings. The van der Waals surface area contributed by atoms with Crippen LogP contribution < -0.4 is 0 Å². The van der Waals surface area contributed by atoms with Gasteiger partial charge in [0, 0.05) is 0 Å². The van der Waals surface area contributed by atoms with Crippen LogP contribution in [0.3, 0.4) is 0 Å². The Morgan fingerprint density at radius 2 is 1.06 bits per heavy atom.